The molecule has 1 aromatic heterocycles. The fraction of sp³-hybridized carbons (Fsp3) is 0.600. The summed E-state index contributed by atoms with van der Waals surface area (Å²) in [6.07, 6.45) is 3.07. The van der Waals surface area contributed by atoms with Gasteiger partial charge in [0.15, 0.2) is 0 Å². The summed E-state index contributed by atoms with van der Waals surface area (Å²) in [5, 5.41) is 2.74. The SMILES string of the molecule is C[C@@H](CCCN)NC(=O)OCc1cncs1. The summed E-state index contributed by atoms with van der Waals surface area (Å²) in [5.74, 6) is 0. The van der Waals surface area contributed by atoms with E-state index in [1.807, 2.05) is 6.92 Å². The third-order valence-corrected chi connectivity index (χ3v) is 2.79. The summed E-state index contributed by atoms with van der Waals surface area (Å²) in [6, 6.07) is 0.0949. The maximum atomic E-state index is 11.3. The van der Waals surface area contributed by atoms with Gasteiger partial charge in [-0.15, -0.1) is 11.3 Å². The van der Waals surface area contributed by atoms with E-state index >= 15 is 0 Å². The molecule has 6 heteroatoms. The van der Waals surface area contributed by atoms with E-state index in [0.717, 1.165) is 17.7 Å². The molecule has 0 saturated heterocycles. The van der Waals surface area contributed by atoms with Crippen LogP contribution < -0.4 is 11.1 Å². The van der Waals surface area contributed by atoms with E-state index in [9.17, 15) is 4.79 Å². The lowest BCUT2D eigenvalue weighted by Gasteiger charge is -2.12. The van der Waals surface area contributed by atoms with Crippen LogP contribution in [0, 0.1) is 0 Å². The van der Waals surface area contributed by atoms with Crippen molar-refractivity contribution >= 4 is 17.4 Å². The highest BCUT2D eigenvalue weighted by atomic mass is 32.1. The van der Waals surface area contributed by atoms with Crippen molar-refractivity contribution in [1.82, 2.24) is 10.3 Å². The Kier molecular flexibility index (Phi) is 5.81. The number of rotatable bonds is 6. The van der Waals surface area contributed by atoms with E-state index in [4.69, 9.17) is 10.5 Å². The standard InChI is InChI=1S/C10H17N3O2S/c1-8(3-2-4-11)13-10(14)15-6-9-5-12-7-16-9/h5,7-8H,2-4,6,11H2,1H3,(H,13,14)/t8-/m0/s1. The van der Waals surface area contributed by atoms with Gasteiger partial charge in [0.2, 0.25) is 0 Å². The smallest absolute Gasteiger partial charge is 0.407 e. The average Bonchev–Trinajstić information content (AvgIpc) is 2.76. The quantitative estimate of drug-likeness (QED) is 0.793. The Hall–Kier alpha value is -1.14. The van der Waals surface area contributed by atoms with Crippen molar-refractivity contribution in [3.63, 3.8) is 0 Å². The lowest BCUT2D eigenvalue weighted by atomic mass is 10.2. The number of alkyl carbamates (subject to hydrolysis) is 1. The molecule has 0 aliphatic rings. The normalized spacial score (nSPS) is 12.1. The van der Waals surface area contributed by atoms with Gasteiger partial charge in [0, 0.05) is 12.2 Å². The number of hydrogen-bond donors (Lipinski definition) is 2. The summed E-state index contributed by atoms with van der Waals surface area (Å²) in [5.41, 5.74) is 7.09. The lowest BCUT2D eigenvalue weighted by Crippen LogP contribution is -2.33. The number of thiazole rings is 1. The second kappa shape index (κ2) is 7.19. The first-order chi connectivity index (χ1) is 7.72. The van der Waals surface area contributed by atoms with Gasteiger partial charge in [0.1, 0.15) is 6.61 Å². The van der Waals surface area contributed by atoms with Crippen LogP contribution in [0.5, 0.6) is 0 Å². The number of amides is 1. The Balaban J connectivity index is 2.15. The molecule has 1 rings (SSSR count). The number of aromatic nitrogens is 1. The second-order valence-corrected chi connectivity index (χ2v) is 4.49. The molecule has 0 spiro atoms. The van der Waals surface area contributed by atoms with Crippen LogP contribution in [0.3, 0.4) is 0 Å². The molecule has 16 heavy (non-hydrogen) atoms. The molecule has 90 valence electrons. The van der Waals surface area contributed by atoms with Gasteiger partial charge >= 0.3 is 6.09 Å². The lowest BCUT2D eigenvalue weighted by molar-refractivity contribution is 0.137. The van der Waals surface area contributed by atoms with E-state index in [0.29, 0.717) is 6.54 Å². The molecule has 3 N–H and O–H groups in total. The molecule has 5 nitrogen and oxygen atoms in total. The summed E-state index contributed by atoms with van der Waals surface area (Å²) in [7, 11) is 0. The second-order valence-electron chi connectivity index (χ2n) is 3.52. The molecule has 0 aliphatic heterocycles. The fourth-order valence-electron chi connectivity index (χ4n) is 1.19. The zero-order chi connectivity index (χ0) is 11.8. The van der Waals surface area contributed by atoms with Crippen LogP contribution in [-0.2, 0) is 11.3 Å². The average molecular weight is 243 g/mol. The van der Waals surface area contributed by atoms with Gasteiger partial charge in [-0.25, -0.2) is 4.79 Å². The van der Waals surface area contributed by atoms with Crippen molar-refractivity contribution in [2.45, 2.75) is 32.4 Å². The van der Waals surface area contributed by atoms with Crippen molar-refractivity contribution in [2.24, 2.45) is 5.73 Å². The summed E-state index contributed by atoms with van der Waals surface area (Å²) in [4.78, 5) is 16.2. The highest BCUT2D eigenvalue weighted by Gasteiger charge is 2.08. The number of nitrogens with zero attached hydrogens (tertiary/aromatic N) is 1. The zero-order valence-electron chi connectivity index (χ0n) is 9.31. The molecule has 0 unspecified atom stereocenters. The fourth-order valence-corrected chi connectivity index (χ4v) is 1.69. The molecular formula is C10H17N3O2S. The number of carbonyl (C=O) groups excluding carboxylic acids is 1. The Bertz CT molecular complexity index is 303. The minimum atomic E-state index is -0.391. The van der Waals surface area contributed by atoms with Crippen molar-refractivity contribution < 1.29 is 9.53 Å². The summed E-state index contributed by atoms with van der Waals surface area (Å²) in [6.45, 7) is 2.85. The summed E-state index contributed by atoms with van der Waals surface area (Å²) < 4.78 is 5.03. The van der Waals surface area contributed by atoms with Crippen LogP contribution in [0.25, 0.3) is 0 Å². The Labute approximate surface area is 99.0 Å². The maximum absolute atomic E-state index is 11.3. The van der Waals surface area contributed by atoms with Crippen molar-refractivity contribution in [3.8, 4) is 0 Å². The van der Waals surface area contributed by atoms with Gasteiger partial charge in [-0.05, 0) is 26.3 Å². The third-order valence-electron chi connectivity index (χ3n) is 2.03. The van der Waals surface area contributed by atoms with Crippen LogP contribution in [0.15, 0.2) is 11.7 Å². The van der Waals surface area contributed by atoms with Crippen LogP contribution >= 0.6 is 11.3 Å². The van der Waals surface area contributed by atoms with Gasteiger partial charge in [-0.1, -0.05) is 0 Å². The van der Waals surface area contributed by atoms with Crippen molar-refractivity contribution in [3.05, 3.63) is 16.6 Å². The van der Waals surface area contributed by atoms with E-state index in [2.05, 4.69) is 10.3 Å². The monoisotopic (exact) mass is 243 g/mol. The minimum Gasteiger partial charge on any atom is -0.444 e. The Morgan fingerprint density at radius 1 is 1.75 bits per heavy atom. The van der Waals surface area contributed by atoms with Gasteiger partial charge in [0.25, 0.3) is 0 Å². The topological polar surface area (TPSA) is 77.2 Å². The predicted molar refractivity (Wildman–Crippen MR) is 63.2 cm³/mol. The van der Waals surface area contributed by atoms with Crippen LogP contribution in [-0.4, -0.2) is 23.7 Å². The van der Waals surface area contributed by atoms with E-state index in [1.54, 1.807) is 11.7 Å². The first-order valence-corrected chi connectivity index (χ1v) is 6.11. The number of nitrogens with one attached hydrogen (secondary N) is 1. The molecule has 0 saturated carbocycles. The van der Waals surface area contributed by atoms with Gasteiger partial charge in [-0.3, -0.25) is 4.98 Å². The highest BCUT2D eigenvalue weighted by Crippen LogP contribution is 2.06. The van der Waals surface area contributed by atoms with Crippen molar-refractivity contribution in [1.29, 1.82) is 0 Å². The zero-order valence-corrected chi connectivity index (χ0v) is 10.1. The molecule has 1 heterocycles. The molecular weight excluding hydrogens is 226 g/mol. The summed E-state index contributed by atoms with van der Waals surface area (Å²) >= 11 is 1.47. The molecule has 0 bridgehead atoms. The molecule has 1 amide bonds. The molecule has 0 aromatic carbocycles. The molecule has 1 aromatic rings. The third kappa shape index (κ3) is 5.09. The van der Waals surface area contributed by atoms with Gasteiger partial charge in [-0.2, -0.15) is 0 Å². The number of ether oxygens (including phenoxy) is 1. The van der Waals surface area contributed by atoms with Crippen LogP contribution in [0.1, 0.15) is 24.6 Å². The maximum Gasteiger partial charge on any atom is 0.407 e. The van der Waals surface area contributed by atoms with E-state index in [1.165, 1.54) is 11.3 Å². The van der Waals surface area contributed by atoms with Crippen LogP contribution in [0.4, 0.5) is 4.79 Å². The largest absolute Gasteiger partial charge is 0.444 e. The first kappa shape index (κ1) is 12.9. The highest BCUT2D eigenvalue weighted by molar-refractivity contribution is 7.09. The number of carbonyl (C=O) groups is 1. The predicted octanol–water partition coefficient (Wildman–Crippen LogP) is 1.50. The molecule has 0 aliphatic carbocycles. The molecule has 1 atom stereocenters. The van der Waals surface area contributed by atoms with Gasteiger partial charge < -0.3 is 15.8 Å². The first-order valence-electron chi connectivity index (χ1n) is 5.23. The van der Waals surface area contributed by atoms with E-state index < -0.39 is 6.09 Å². The van der Waals surface area contributed by atoms with Crippen LogP contribution in [0.2, 0.25) is 0 Å². The Morgan fingerprint density at radius 2 is 2.56 bits per heavy atom. The van der Waals surface area contributed by atoms with Crippen molar-refractivity contribution in [2.75, 3.05) is 6.54 Å². The number of nitrogens with two attached hydrogens (primary N) is 1. The molecule has 0 radical (unpaired) electrons. The van der Waals surface area contributed by atoms with E-state index in [-0.39, 0.29) is 12.6 Å². The Morgan fingerprint density at radius 3 is 3.19 bits per heavy atom. The number of hydrogen-bond acceptors (Lipinski definition) is 5. The molecule has 0 fully saturated rings. The minimum absolute atomic E-state index is 0.0949. The van der Waals surface area contributed by atoms with Gasteiger partial charge in [0.05, 0.1) is 10.4 Å².